The van der Waals surface area contributed by atoms with E-state index in [0.717, 1.165) is 23.5 Å². The van der Waals surface area contributed by atoms with E-state index in [1.54, 1.807) is 12.1 Å². The Hall–Kier alpha value is -1.68. The van der Waals surface area contributed by atoms with E-state index in [4.69, 9.17) is 0 Å². The van der Waals surface area contributed by atoms with E-state index in [9.17, 15) is 9.50 Å². The summed E-state index contributed by atoms with van der Waals surface area (Å²) in [5, 5.41) is 14.6. The van der Waals surface area contributed by atoms with E-state index in [1.165, 1.54) is 6.07 Å². The highest BCUT2D eigenvalue weighted by Gasteiger charge is 2.16. The Balaban J connectivity index is 2.25. The van der Waals surface area contributed by atoms with Gasteiger partial charge in [-0.2, -0.15) is 5.10 Å². The first-order valence-electron chi connectivity index (χ1n) is 6.48. The molecule has 1 aromatic carbocycles. The smallest absolute Gasteiger partial charge is 0.129 e. The summed E-state index contributed by atoms with van der Waals surface area (Å²) in [6.45, 7) is 6.53. The van der Waals surface area contributed by atoms with Gasteiger partial charge in [0.1, 0.15) is 5.82 Å². The van der Waals surface area contributed by atoms with Gasteiger partial charge >= 0.3 is 0 Å². The first-order valence-corrected chi connectivity index (χ1v) is 6.48. The van der Waals surface area contributed by atoms with Gasteiger partial charge in [0.05, 0.1) is 11.8 Å². The molecule has 102 valence electrons. The van der Waals surface area contributed by atoms with Crippen LogP contribution in [0.5, 0.6) is 0 Å². The van der Waals surface area contributed by atoms with Gasteiger partial charge in [0.15, 0.2) is 0 Å². The van der Waals surface area contributed by atoms with Gasteiger partial charge in [-0.1, -0.05) is 17.7 Å². The number of hydrogen-bond donors (Lipinski definition) is 1. The van der Waals surface area contributed by atoms with Crippen molar-refractivity contribution in [3.8, 4) is 0 Å². The zero-order chi connectivity index (χ0) is 14.0. The van der Waals surface area contributed by atoms with Crippen LogP contribution in [0.25, 0.3) is 0 Å². The van der Waals surface area contributed by atoms with Crippen LogP contribution in [-0.4, -0.2) is 14.9 Å². The van der Waals surface area contributed by atoms with Crippen molar-refractivity contribution >= 4 is 0 Å². The number of benzene rings is 1. The number of nitrogens with zero attached hydrogens (tertiary/aromatic N) is 2. The van der Waals surface area contributed by atoms with Crippen LogP contribution in [0.3, 0.4) is 0 Å². The quantitative estimate of drug-likeness (QED) is 0.920. The number of halogens is 1. The highest BCUT2D eigenvalue weighted by Crippen LogP contribution is 2.22. The predicted octanol–water partition coefficient (Wildman–Crippen LogP) is 2.94. The van der Waals surface area contributed by atoms with E-state index in [-0.39, 0.29) is 5.82 Å². The fourth-order valence-corrected chi connectivity index (χ4v) is 2.26. The Kier molecular flexibility index (Phi) is 4.00. The summed E-state index contributed by atoms with van der Waals surface area (Å²) < 4.78 is 15.6. The lowest BCUT2D eigenvalue weighted by atomic mass is 10.0. The van der Waals surface area contributed by atoms with Crippen LogP contribution in [0.15, 0.2) is 24.3 Å². The van der Waals surface area contributed by atoms with Crippen molar-refractivity contribution in [1.82, 2.24) is 9.78 Å². The molecular formula is C15H19FN2O. The lowest BCUT2D eigenvalue weighted by Gasteiger charge is -2.13. The third-order valence-electron chi connectivity index (χ3n) is 3.20. The molecule has 0 saturated heterocycles. The minimum Gasteiger partial charge on any atom is -0.388 e. The second-order valence-corrected chi connectivity index (χ2v) is 4.84. The lowest BCUT2D eigenvalue weighted by Crippen LogP contribution is -2.10. The third-order valence-corrected chi connectivity index (χ3v) is 3.20. The average Bonchev–Trinajstić information content (AvgIpc) is 2.72. The summed E-state index contributed by atoms with van der Waals surface area (Å²) in [6.07, 6.45) is -0.476. The molecule has 0 fully saturated rings. The molecule has 4 heteroatoms. The third kappa shape index (κ3) is 3.01. The maximum Gasteiger partial charge on any atom is 0.129 e. The number of aromatic nitrogens is 2. The van der Waals surface area contributed by atoms with Crippen molar-refractivity contribution < 1.29 is 9.50 Å². The standard InChI is InChI=1S/C15H19FN2O/c1-4-18-12(8-11(3)17-18)9-15(19)13-7-10(2)5-6-14(13)16/h5-8,15,19H,4,9H2,1-3H3. The van der Waals surface area contributed by atoms with E-state index in [0.29, 0.717) is 12.0 Å². The monoisotopic (exact) mass is 262 g/mol. The predicted molar refractivity (Wildman–Crippen MR) is 72.4 cm³/mol. The molecule has 1 N–H and O–H groups in total. The first-order chi connectivity index (χ1) is 9.01. The molecule has 2 aromatic rings. The highest BCUT2D eigenvalue weighted by molar-refractivity contribution is 5.27. The molecule has 3 nitrogen and oxygen atoms in total. The molecule has 19 heavy (non-hydrogen) atoms. The number of aliphatic hydroxyl groups excluding tert-OH is 1. The Bertz CT molecular complexity index is 578. The van der Waals surface area contributed by atoms with Crippen molar-refractivity contribution in [1.29, 1.82) is 0 Å². The van der Waals surface area contributed by atoms with E-state index >= 15 is 0 Å². The number of hydrogen-bond acceptors (Lipinski definition) is 2. The van der Waals surface area contributed by atoms with E-state index in [2.05, 4.69) is 5.10 Å². The minimum atomic E-state index is -0.846. The summed E-state index contributed by atoms with van der Waals surface area (Å²) >= 11 is 0. The summed E-state index contributed by atoms with van der Waals surface area (Å²) in [4.78, 5) is 0. The van der Waals surface area contributed by atoms with E-state index < -0.39 is 6.10 Å². The molecule has 1 atom stereocenters. The first kappa shape index (κ1) is 13.7. The minimum absolute atomic E-state index is 0.349. The largest absolute Gasteiger partial charge is 0.388 e. The topological polar surface area (TPSA) is 38.0 Å². The van der Waals surface area contributed by atoms with Crippen LogP contribution in [0.4, 0.5) is 4.39 Å². The SMILES string of the molecule is CCn1nc(C)cc1CC(O)c1cc(C)ccc1F. The van der Waals surface area contributed by atoms with Crippen molar-refractivity contribution in [3.05, 3.63) is 52.6 Å². The molecule has 1 aromatic heterocycles. The molecular weight excluding hydrogens is 243 g/mol. The normalized spacial score (nSPS) is 12.7. The average molecular weight is 262 g/mol. The molecule has 0 bridgehead atoms. The van der Waals surface area contributed by atoms with Crippen LogP contribution in [0.1, 0.15) is 35.5 Å². The van der Waals surface area contributed by atoms with E-state index in [1.807, 2.05) is 31.5 Å². The van der Waals surface area contributed by atoms with Gasteiger partial charge in [0.2, 0.25) is 0 Å². The van der Waals surface area contributed by atoms with Crippen molar-refractivity contribution in [2.45, 2.75) is 39.8 Å². The van der Waals surface area contributed by atoms with Gasteiger partial charge in [-0.05, 0) is 32.9 Å². The van der Waals surface area contributed by atoms with Gasteiger partial charge < -0.3 is 5.11 Å². The van der Waals surface area contributed by atoms with Gasteiger partial charge in [-0.15, -0.1) is 0 Å². The van der Waals surface area contributed by atoms with Crippen molar-refractivity contribution in [3.63, 3.8) is 0 Å². The van der Waals surface area contributed by atoms with Crippen LogP contribution in [-0.2, 0) is 13.0 Å². The highest BCUT2D eigenvalue weighted by atomic mass is 19.1. The fourth-order valence-electron chi connectivity index (χ4n) is 2.26. The van der Waals surface area contributed by atoms with Gasteiger partial charge in [0, 0.05) is 24.2 Å². The summed E-state index contributed by atoms with van der Waals surface area (Å²) in [5.41, 5.74) is 3.12. The summed E-state index contributed by atoms with van der Waals surface area (Å²) in [5.74, 6) is -0.364. The van der Waals surface area contributed by atoms with Crippen LogP contribution in [0, 0.1) is 19.7 Å². The van der Waals surface area contributed by atoms with Gasteiger partial charge in [-0.3, -0.25) is 4.68 Å². The summed E-state index contributed by atoms with van der Waals surface area (Å²) in [7, 11) is 0. The Morgan fingerprint density at radius 1 is 1.32 bits per heavy atom. The molecule has 0 aliphatic carbocycles. The number of aryl methyl sites for hydroxylation is 3. The zero-order valence-corrected chi connectivity index (χ0v) is 11.5. The molecule has 0 saturated carbocycles. The molecule has 1 heterocycles. The maximum atomic E-state index is 13.7. The van der Waals surface area contributed by atoms with Crippen LogP contribution in [0.2, 0.25) is 0 Å². The lowest BCUT2D eigenvalue weighted by molar-refractivity contribution is 0.170. The van der Waals surface area contributed by atoms with Crippen LogP contribution >= 0.6 is 0 Å². The summed E-state index contributed by atoms with van der Waals surface area (Å²) in [6, 6.07) is 6.72. The van der Waals surface area contributed by atoms with Crippen LogP contribution < -0.4 is 0 Å². The van der Waals surface area contributed by atoms with Gasteiger partial charge in [0.25, 0.3) is 0 Å². The molecule has 0 aliphatic rings. The maximum absolute atomic E-state index is 13.7. The Morgan fingerprint density at radius 3 is 2.74 bits per heavy atom. The molecule has 1 unspecified atom stereocenters. The molecule has 2 rings (SSSR count). The molecule has 0 amide bonds. The Labute approximate surface area is 112 Å². The Morgan fingerprint density at radius 2 is 2.05 bits per heavy atom. The molecule has 0 radical (unpaired) electrons. The fraction of sp³-hybridized carbons (Fsp3) is 0.400. The van der Waals surface area contributed by atoms with Gasteiger partial charge in [-0.25, -0.2) is 4.39 Å². The molecule has 0 aliphatic heterocycles. The molecule has 0 spiro atoms. The van der Waals surface area contributed by atoms with Crippen molar-refractivity contribution in [2.75, 3.05) is 0 Å². The van der Waals surface area contributed by atoms with Crippen molar-refractivity contribution in [2.24, 2.45) is 0 Å². The number of aliphatic hydroxyl groups is 1. The zero-order valence-electron chi connectivity index (χ0n) is 11.5. The second kappa shape index (κ2) is 5.53. The number of rotatable bonds is 4. The second-order valence-electron chi connectivity index (χ2n) is 4.84.